The van der Waals surface area contributed by atoms with E-state index < -0.39 is 52.1 Å². The van der Waals surface area contributed by atoms with Crippen LogP contribution < -0.4 is 9.47 Å². The predicted octanol–water partition coefficient (Wildman–Crippen LogP) is 3.76. The molecule has 3 aromatic carbocycles. The van der Waals surface area contributed by atoms with Gasteiger partial charge in [0.15, 0.2) is 0 Å². The van der Waals surface area contributed by atoms with Crippen LogP contribution in [0.4, 0.5) is 0 Å². The summed E-state index contributed by atoms with van der Waals surface area (Å²) in [5.74, 6) is -7.82. The summed E-state index contributed by atoms with van der Waals surface area (Å²) in [6, 6.07) is 9.67. The van der Waals surface area contributed by atoms with Crippen molar-refractivity contribution < 1.29 is 59.0 Å². The van der Waals surface area contributed by atoms with Crippen LogP contribution in [0.25, 0.3) is 0 Å². The molecular formula is C23H14O12. The number of aromatic carboxylic acids is 5. The second-order valence-corrected chi connectivity index (χ2v) is 6.84. The van der Waals surface area contributed by atoms with Crippen LogP contribution in [0.5, 0.6) is 23.0 Å². The van der Waals surface area contributed by atoms with E-state index in [0.717, 1.165) is 36.4 Å². The van der Waals surface area contributed by atoms with E-state index in [1.54, 1.807) is 0 Å². The Morgan fingerprint density at radius 1 is 0.429 bits per heavy atom. The van der Waals surface area contributed by atoms with Gasteiger partial charge in [0, 0.05) is 6.07 Å². The van der Waals surface area contributed by atoms with Crippen LogP contribution in [-0.2, 0) is 0 Å². The summed E-state index contributed by atoms with van der Waals surface area (Å²) in [5, 5.41) is 46.1. The van der Waals surface area contributed by atoms with Gasteiger partial charge in [0.05, 0.1) is 27.8 Å². The maximum absolute atomic E-state index is 11.5. The van der Waals surface area contributed by atoms with Gasteiger partial charge in [-0.15, -0.1) is 0 Å². The van der Waals surface area contributed by atoms with Gasteiger partial charge >= 0.3 is 29.8 Å². The topological polar surface area (TPSA) is 205 Å². The number of hydrogen-bond acceptors (Lipinski definition) is 7. The third-order valence-corrected chi connectivity index (χ3v) is 4.50. The predicted molar refractivity (Wildman–Crippen MR) is 114 cm³/mol. The van der Waals surface area contributed by atoms with Gasteiger partial charge in [0.25, 0.3) is 0 Å². The SMILES string of the molecule is O=C(O)c1cc(Oc2ccc(C(=O)O)c(C(=O)O)c2)cc(Oc2ccc(C(=O)O)c(C(=O)O)c2)c1. The average molecular weight is 482 g/mol. The molecule has 0 aliphatic heterocycles. The van der Waals surface area contributed by atoms with Crippen molar-refractivity contribution >= 4 is 29.8 Å². The quantitative estimate of drug-likeness (QED) is 0.296. The van der Waals surface area contributed by atoms with Gasteiger partial charge in [-0.2, -0.15) is 0 Å². The van der Waals surface area contributed by atoms with Crippen LogP contribution >= 0.6 is 0 Å². The lowest BCUT2D eigenvalue weighted by Gasteiger charge is -2.12. The first-order chi connectivity index (χ1) is 16.5. The molecule has 12 nitrogen and oxygen atoms in total. The molecule has 178 valence electrons. The van der Waals surface area contributed by atoms with E-state index in [0.29, 0.717) is 0 Å². The third kappa shape index (κ3) is 5.51. The molecule has 0 heterocycles. The fourth-order valence-electron chi connectivity index (χ4n) is 2.99. The smallest absolute Gasteiger partial charge is 0.336 e. The van der Waals surface area contributed by atoms with Crippen LogP contribution in [0.1, 0.15) is 51.8 Å². The normalized spacial score (nSPS) is 10.3. The monoisotopic (exact) mass is 482 g/mol. The molecule has 12 heteroatoms. The van der Waals surface area contributed by atoms with Crippen LogP contribution in [0, 0.1) is 0 Å². The number of ether oxygens (including phenoxy) is 2. The Morgan fingerprint density at radius 3 is 1.11 bits per heavy atom. The van der Waals surface area contributed by atoms with Crippen LogP contribution in [-0.4, -0.2) is 55.4 Å². The first-order valence-electron chi connectivity index (χ1n) is 9.41. The number of carboxylic acid groups (broad SMARTS) is 5. The van der Waals surface area contributed by atoms with E-state index in [1.165, 1.54) is 18.2 Å². The Labute approximate surface area is 194 Å². The van der Waals surface area contributed by atoms with Gasteiger partial charge < -0.3 is 35.0 Å². The lowest BCUT2D eigenvalue weighted by Crippen LogP contribution is -2.08. The van der Waals surface area contributed by atoms with E-state index in [2.05, 4.69) is 0 Å². The first kappa shape index (κ1) is 24.3. The minimum Gasteiger partial charge on any atom is -0.478 e. The standard InChI is InChI=1S/C23H14O12/c24-19(25)10-5-13(34-11-1-3-15(20(26)27)17(8-11)22(30)31)7-14(6-10)35-12-2-4-16(21(28)29)18(9-12)23(32)33/h1-9H,(H,24,25)(H,26,27)(H,28,29)(H,30,31)(H,32,33). The van der Waals surface area contributed by atoms with Crippen LogP contribution in [0.3, 0.4) is 0 Å². The summed E-state index contributed by atoms with van der Waals surface area (Å²) in [6.07, 6.45) is 0. The van der Waals surface area contributed by atoms with Crippen LogP contribution in [0.15, 0.2) is 54.6 Å². The minimum atomic E-state index is -1.52. The van der Waals surface area contributed by atoms with Gasteiger partial charge in [0.1, 0.15) is 23.0 Å². The summed E-state index contributed by atoms with van der Waals surface area (Å²) in [7, 11) is 0. The number of benzene rings is 3. The Morgan fingerprint density at radius 2 is 0.800 bits per heavy atom. The van der Waals surface area contributed by atoms with E-state index in [4.69, 9.17) is 19.7 Å². The van der Waals surface area contributed by atoms with Gasteiger partial charge in [-0.1, -0.05) is 0 Å². The number of carbonyl (C=O) groups is 5. The first-order valence-corrected chi connectivity index (χ1v) is 9.41. The van der Waals surface area contributed by atoms with Crippen molar-refractivity contribution in [3.05, 3.63) is 82.4 Å². The number of rotatable bonds is 9. The molecule has 0 aliphatic rings. The highest BCUT2D eigenvalue weighted by atomic mass is 16.5. The second kappa shape index (κ2) is 9.62. The Hall–Kier alpha value is -5.39. The zero-order valence-electron chi connectivity index (χ0n) is 17.3. The van der Waals surface area contributed by atoms with Crippen LogP contribution in [0.2, 0.25) is 0 Å². The van der Waals surface area contributed by atoms with Gasteiger partial charge in [-0.05, 0) is 48.5 Å². The number of carboxylic acids is 5. The molecule has 0 aromatic heterocycles. The van der Waals surface area contributed by atoms with Crippen molar-refractivity contribution in [2.45, 2.75) is 0 Å². The van der Waals surface area contributed by atoms with Gasteiger partial charge in [0.2, 0.25) is 0 Å². The Balaban J connectivity index is 1.99. The third-order valence-electron chi connectivity index (χ3n) is 4.50. The molecule has 35 heavy (non-hydrogen) atoms. The molecule has 0 saturated heterocycles. The van der Waals surface area contributed by atoms with E-state index in [1.807, 2.05) is 0 Å². The average Bonchev–Trinajstić information content (AvgIpc) is 2.78. The zero-order chi connectivity index (χ0) is 25.9. The summed E-state index contributed by atoms with van der Waals surface area (Å²) >= 11 is 0. The van der Waals surface area contributed by atoms with Crippen molar-refractivity contribution in [1.82, 2.24) is 0 Å². The maximum atomic E-state index is 11.5. The molecule has 5 N–H and O–H groups in total. The molecule has 0 radical (unpaired) electrons. The van der Waals surface area contributed by atoms with E-state index >= 15 is 0 Å². The van der Waals surface area contributed by atoms with E-state index in [-0.39, 0.29) is 28.6 Å². The molecule has 0 spiro atoms. The molecule has 3 aromatic rings. The molecule has 0 amide bonds. The molecule has 0 saturated carbocycles. The zero-order valence-corrected chi connectivity index (χ0v) is 17.3. The van der Waals surface area contributed by atoms with Gasteiger partial charge in [-0.3, -0.25) is 0 Å². The van der Waals surface area contributed by atoms with Crippen molar-refractivity contribution in [1.29, 1.82) is 0 Å². The largest absolute Gasteiger partial charge is 0.478 e. The lowest BCUT2D eigenvalue weighted by atomic mass is 10.1. The molecule has 0 fully saturated rings. The van der Waals surface area contributed by atoms with Crippen molar-refractivity contribution in [3.8, 4) is 23.0 Å². The molecule has 0 atom stereocenters. The molecule has 0 aliphatic carbocycles. The molecule has 3 rings (SSSR count). The highest BCUT2D eigenvalue weighted by Crippen LogP contribution is 2.32. The van der Waals surface area contributed by atoms with Gasteiger partial charge in [-0.25, -0.2) is 24.0 Å². The maximum Gasteiger partial charge on any atom is 0.336 e. The molecule has 0 bridgehead atoms. The lowest BCUT2D eigenvalue weighted by molar-refractivity contribution is 0.0651. The highest BCUT2D eigenvalue weighted by Gasteiger charge is 2.19. The van der Waals surface area contributed by atoms with Crippen molar-refractivity contribution in [2.24, 2.45) is 0 Å². The number of hydrogen-bond donors (Lipinski definition) is 5. The van der Waals surface area contributed by atoms with Crippen molar-refractivity contribution in [2.75, 3.05) is 0 Å². The molecular weight excluding hydrogens is 468 g/mol. The summed E-state index contributed by atoms with van der Waals surface area (Å²) in [6.45, 7) is 0. The Bertz CT molecular complexity index is 1290. The van der Waals surface area contributed by atoms with Crippen molar-refractivity contribution in [3.63, 3.8) is 0 Å². The fourth-order valence-corrected chi connectivity index (χ4v) is 2.99. The molecule has 0 unspecified atom stereocenters. The highest BCUT2D eigenvalue weighted by molar-refractivity contribution is 6.02. The second-order valence-electron chi connectivity index (χ2n) is 6.84. The summed E-state index contributed by atoms with van der Waals surface area (Å²) < 4.78 is 11.0. The summed E-state index contributed by atoms with van der Waals surface area (Å²) in [4.78, 5) is 56.7. The fraction of sp³-hybridized carbons (Fsp3) is 0. The van der Waals surface area contributed by atoms with E-state index in [9.17, 15) is 39.3 Å². The summed E-state index contributed by atoms with van der Waals surface area (Å²) in [5.41, 5.74) is -2.38. The minimum absolute atomic E-state index is 0.111. The Kier molecular flexibility index (Phi) is 6.67.